The zero-order valence-electron chi connectivity index (χ0n) is 11.5. The Morgan fingerprint density at radius 2 is 1.94 bits per heavy atom. The van der Waals surface area contributed by atoms with Gasteiger partial charge in [-0.15, -0.1) is 0 Å². The lowest BCUT2D eigenvalue weighted by Crippen LogP contribution is -2.31. The summed E-state index contributed by atoms with van der Waals surface area (Å²) in [7, 11) is 0. The smallest absolute Gasteiger partial charge is 0.0687 e. The molecule has 1 N–H and O–H groups in total. The maximum Gasteiger partial charge on any atom is 0.0687 e. The molecule has 0 amide bonds. The van der Waals surface area contributed by atoms with Crippen molar-refractivity contribution in [3.05, 3.63) is 0 Å². The molecule has 0 aromatic heterocycles. The Bertz CT molecular complexity index is 211. The van der Waals surface area contributed by atoms with Gasteiger partial charge in [0, 0.05) is 0 Å². The molecule has 1 aliphatic carbocycles. The standard InChI is InChI=1S/C15H29NO/c1-2-12-16-13-6-7-14-8-11-15(17-14)9-4-3-5-10-15/h14,16H,2-13H2,1H3. The number of hydrogen-bond acceptors (Lipinski definition) is 2. The van der Waals surface area contributed by atoms with Gasteiger partial charge < -0.3 is 10.1 Å². The molecule has 1 spiro atoms. The molecule has 2 nitrogen and oxygen atoms in total. The number of hydrogen-bond donors (Lipinski definition) is 1. The van der Waals surface area contributed by atoms with Crippen molar-refractivity contribution >= 4 is 0 Å². The number of rotatable bonds is 6. The van der Waals surface area contributed by atoms with Gasteiger partial charge in [-0.3, -0.25) is 0 Å². The molecule has 0 radical (unpaired) electrons. The van der Waals surface area contributed by atoms with Crippen LogP contribution >= 0.6 is 0 Å². The van der Waals surface area contributed by atoms with E-state index in [2.05, 4.69) is 12.2 Å². The molecule has 1 heterocycles. The normalized spacial score (nSPS) is 27.7. The Hall–Kier alpha value is -0.0800. The van der Waals surface area contributed by atoms with E-state index in [-0.39, 0.29) is 0 Å². The van der Waals surface area contributed by atoms with Crippen molar-refractivity contribution in [1.29, 1.82) is 0 Å². The molecule has 1 saturated carbocycles. The van der Waals surface area contributed by atoms with Gasteiger partial charge >= 0.3 is 0 Å². The molecular weight excluding hydrogens is 210 g/mol. The van der Waals surface area contributed by atoms with Crippen molar-refractivity contribution in [1.82, 2.24) is 5.32 Å². The van der Waals surface area contributed by atoms with Crippen LogP contribution in [-0.2, 0) is 4.74 Å². The van der Waals surface area contributed by atoms with E-state index in [1.54, 1.807) is 0 Å². The van der Waals surface area contributed by atoms with Crippen LogP contribution < -0.4 is 5.32 Å². The van der Waals surface area contributed by atoms with Crippen LogP contribution in [0.4, 0.5) is 0 Å². The minimum absolute atomic E-state index is 0.319. The van der Waals surface area contributed by atoms with Crippen LogP contribution in [0.3, 0.4) is 0 Å². The summed E-state index contributed by atoms with van der Waals surface area (Å²) in [5, 5.41) is 3.47. The van der Waals surface area contributed by atoms with Crippen molar-refractivity contribution in [2.75, 3.05) is 13.1 Å². The monoisotopic (exact) mass is 239 g/mol. The van der Waals surface area contributed by atoms with Gasteiger partial charge in [-0.1, -0.05) is 26.2 Å². The zero-order valence-corrected chi connectivity index (χ0v) is 11.5. The fraction of sp³-hybridized carbons (Fsp3) is 1.00. The van der Waals surface area contributed by atoms with Gasteiger partial charge in [0.15, 0.2) is 0 Å². The van der Waals surface area contributed by atoms with E-state index in [1.807, 2.05) is 0 Å². The second-order valence-electron chi connectivity index (χ2n) is 5.91. The molecule has 100 valence electrons. The molecule has 2 heteroatoms. The highest BCUT2D eigenvalue weighted by molar-refractivity contribution is 4.91. The van der Waals surface area contributed by atoms with Crippen LogP contribution in [0.1, 0.15) is 71.1 Å². The summed E-state index contributed by atoms with van der Waals surface area (Å²) in [6.07, 6.45) is 13.9. The van der Waals surface area contributed by atoms with E-state index in [9.17, 15) is 0 Å². The van der Waals surface area contributed by atoms with Crippen molar-refractivity contribution in [3.63, 3.8) is 0 Å². The molecule has 1 atom stereocenters. The minimum Gasteiger partial charge on any atom is -0.372 e. The van der Waals surface area contributed by atoms with Gasteiger partial charge in [-0.25, -0.2) is 0 Å². The first-order chi connectivity index (χ1) is 8.35. The van der Waals surface area contributed by atoms with Gasteiger partial charge in [0.25, 0.3) is 0 Å². The van der Waals surface area contributed by atoms with Gasteiger partial charge in [-0.05, 0) is 58.0 Å². The Morgan fingerprint density at radius 3 is 2.71 bits per heavy atom. The highest BCUT2D eigenvalue weighted by Gasteiger charge is 2.40. The topological polar surface area (TPSA) is 21.3 Å². The van der Waals surface area contributed by atoms with E-state index in [0.717, 1.165) is 6.54 Å². The molecule has 1 unspecified atom stereocenters. The van der Waals surface area contributed by atoms with E-state index < -0.39 is 0 Å². The summed E-state index contributed by atoms with van der Waals surface area (Å²) in [5.74, 6) is 0. The van der Waals surface area contributed by atoms with Crippen LogP contribution in [0.5, 0.6) is 0 Å². The molecule has 1 aliphatic heterocycles. The number of nitrogens with one attached hydrogen (secondary N) is 1. The second kappa shape index (κ2) is 6.75. The molecule has 0 aromatic rings. The fourth-order valence-electron chi connectivity index (χ4n) is 3.42. The van der Waals surface area contributed by atoms with Crippen molar-refractivity contribution < 1.29 is 4.74 Å². The summed E-state index contributed by atoms with van der Waals surface area (Å²) >= 11 is 0. The SMILES string of the molecule is CCCNCCCC1CCC2(CCCCC2)O1. The average molecular weight is 239 g/mol. The van der Waals surface area contributed by atoms with Crippen LogP contribution in [-0.4, -0.2) is 24.8 Å². The molecule has 2 aliphatic rings. The predicted octanol–water partition coefficient (Wildman–Crippen LogP) is 3.65. The van der Waals surface area contributed by atoms with Crippen molar-refractivity contribution in [3.8, 4) is 0 Å². The van der Waals surface area contributed by atoms with Crippen LogP contribution in [0.25, 0.3) is 0 Å². The maximum atomic E-state index is 6.37. The molecule has 17 heavy (non-hydrogen) atoms. The molecule has 2 rings (SSSR count). The molecule has 0 aromatic carbocycles. The van der Waals surface area contributed by atoms with Crippen molar-refractivity contribution in [2.45, 2.75) is 82.8 Å². The summed E-state index contributed by atoms with van der Waals surface area (Å²) in [5.41, 5.74) is 0.319. The lowest BCUT2D eigenvalue weighted by atomic mass is 9.83. The Labute approximate surface area is 107 Å². The third-order valence-corrected chi connectivity index (χ3v) is 4.41. The Morgan fingerprint density at radius 1 is 1.12 bits per heavy atom. The first-order valence-electron chi connectivity index (χ1n) is 7.73. The largest absolute Gasteiger partial charge is 0.372 e. The minimum atomic E-state index is 0.319. The Balaban J connectivity index is 1.60. The van der Waals surface area contributed by atoms with Gasteiger partial charge in [0.2, 0.25) is 0 Å². The molecule has 1 saturated heterocycles. The highest BCUT2D eigenvalue weighted by atomic mass is 16.5. The molecule has 2 fully saturated rings. The summed E-state index contributed by atoms with van der Waals surface area (Å²) in [4.78, 5) is 0. The first-order valence-corrected chi connectivity index (χ1v) is 7.73. The zero-order chi connectivity index (χ0) is 12.0. The molecular formula is C15H29NO. The van der Waals surface area contributed by atoms with E-state index in [4.69, 9.17) is 4.74 Å². The summed E-state index contributed by atoms with van der Waals surface area (Å²) in [6.45, 7) is 4.55. The molecule has 0 bridgehead atoms. The predicted molar refractivity (Wildman–Crippen MR) is 72.3 cm³/mol. The van der Waals surface area contributed by atoms with Crippen molar-refractivity contribution in [2.24, 2.45) is 0 Å². The van der Waals surface area contributed by atoms with E-state index in [0.29, 0.717) is 11.7 Å². The van der Waals surface area contributed by atoms with Gasteiger partial charge in [0.05, 0.1) is 11.7 Å². The van der Waals surface area contributed by atoms with Crippen LogP contribution in [0, 0.1) is 0 Å². The van der Waals surface area contributed by atoms with Gasteiger partial charge in [-0.2, -0.15) is 0 Å². The van der Waals surface area contributed by atoms with Crippen LogP contribution in [0.2, 0.25) is 0 Å². The maximum absolute atomic E-state index is 6.37. The summed E-state index contributed by atoms with van der Waals surface area (Å²) in [6, 6.07) is 0. The summed E-state index contributed by atoms with van der Waals surface area (Å²) < 4.78 is 6.37. The lowest BCUT2D eigenvalue weighted by Gasteiger charge is -2.33. The quantitative estimate of drug-likeness (QED) is 0.714. The number of ether oxygens (including phenoxy) is 1. The second-order valence-corrected chi connectivity index (χ2v) is 5.91. The average Bonchev–Trinajstić information content (AvgIpc) is 2.73. The third-order valence-electron chi connectivity index (χ3n) is 4.41. The fourth-order valence-corrected chi connectivity index (χ4v) is 3.42. The lowest BCUT2D eigenvalue weighted by molar-refractivity contribution is -0.0659. The van der Waals surface area contributed by atoms with E-state index >= 15 is 0 Å². The van der Waals surface area contributed by atoms with Crippen LogP contribution in [0.15, 0.2) is 0 Å². The first kappa shape index (κ1) is 13.4. The third kappa shape index (κ3) is 3.96. The highest BCUT2D eigenvalue weighted by Crippen LogP contribution is 2.42. The van der Waals surface area contributed by atoms with E-state index in [1.165, 1.54) is 70.8 Å². The Kier molecular flexibility index (Phi) is 5.30. The van der Waals surface area contributed by atoms with Gasteiger partial charge in [0.1, 0.15) is 0 Å².